The van der Waals surface area contributed by atoms with Gasteiger partial charge in [-0.05, 0) is 87.9 Å². The highest BCUT2D eigenvalue weighted by atomic mass is 16.6. The zero-order valence-electron chi connectivity index (χ0n) is 35.1. The smallest absolute Gasteiger partial charge is 0.328 e. The summed E-state index contributed by atoms with van der Waals surface area (Å²) in [4.78, 5) is 76.0. The van der Waals surface area contributed by atoms with Gasteiger partial charge in [0, 0.05) is 6.54 Å². The molecule has 0 radical (unpaired) electrons. The van der Waals surface area contributed by atoms with Crippen LogP contribution in [0.4, 0.5) is 4.79 Å². The zero-order chi connectivity index (χ0) is 41.9. The summed E-state index contributed by atoms with van der Waals surface area (Å²) in [6.07, 6.45) is 2.99. The monoisotopic (exact) mass is 786 g/mol. The van der Waals surface area contributed by atoms with Crippen LogP contribution in [0.5, 0.6) is 0 Å². The Balaban J connectivity index is 6.02. The van der Waals surface area contributed by atoms with E-state index in [4.69, 9.17) is 19.9 Å². The summed E-state index contributed by atoms with van der Waals surface area (Å²) in [5.74, 6) is -2.41. The molecular formula is C41H75N3O11. The first-order valence-corrected chi connectivity index (χ1v) is 20.7. The zero-order valence-corrected chi connectivity index (χ0v) is 35.1. The van der Waals surface area contributed by atoms with Gasteiger partial charge in [-0.3, -0.25) is 19.2 Å². The Morgan fingerprint density at radius 2 is 1.07 bits per heavy atom. The van der Waals surface area contributed by atoms with Gasteiger partial charge in [-0.2, -0.15) is 0 Å². The number of nitrogens with one attached hydrogen (secondary N) is 2. The van der Waals surface area contributed by atoms with E-state index in [1.165, 1.54) is 0 Å². The van der Waals surface area contributed by atoms with Crippen LogP contribution < -0.4 is 16.4 Å². The average Bonchev–Trinajstić information content (AvgIpc) is 3.10. The molecule has 0 saturated heterocycles. The predicted octanol–water partition coefficient (Wildman–Crippen LogP) is 6.58. The van der Waals surface area contributed by atoms with Gasteiger partial charge >= 0.3 is 29.9 Å². The molecule has 0 spiro atoms. The molecule has 3 amide bonds. The molecule has 0 aromatic carbocycles. The van der Waals surface area contributed by atoms with Crippen LogP contribution in [0.25, 0.3) is 0 Å². The normalized spacial score (nSPS) is 15.7. The number of hydrogen-bond acceptors (Lipinski definition) is 10. The first-order valence-electron chi connectivity index (χ1n) is 20.7. The molecule has 55 heavy (non-hydrogen) atoms. The predicted molar refractivity (Wildman–Crippen MR) is 211 cm³/mol. The second-order valence-corrected chi connectivity index (χ2v) is 15.9. The van der Waals surface area contributed by atoms with Gasteiger partial charge in [0.1, 0.15) is 24.4 Å². The van der Waals surface area contributed by atoms with E-state index < -0.39 is 66.3 Å². The number of carbonyl (C=O) groups excluding carboxylic acids is 5. The summed E-state index contributed by atoms with van der Waals surface area (Å²) in [6.45, 7) is 16.5. The van der Waals surface area contributed by atoms with Crippen molar-refractivity contribution >= 4 is 35.8 Å². The minimum Gasteiger partial charge on any atom is -0.481 e. The van der Waals surface area contributed by atoms with Crippen molar-refractivity contribution in [1.82, 2.24) is 10.6 Å². The lowest BCUT2D eigenvalue weighted by molar-refractivity contribution is -0.162. The van der Waals surface area contributed by atoms with Gasteiger partial charge in [-0.15, -0.1) is 0 Å². The number of esters is 3. The van der Waals surface area contributed by atoms with Crippen LogP contribution in [0, 0.1) is 23.7 Å². The molecule has 8 atom stereocenters. The number of carboxylic acids is 1. The van der Waals surface area contributed by atoms with Gasteiger partial charge in [0.2, 0.25) is 5.91 Å². The fourth-order valence-corrected chi connectivity index (χ4v) is 5.77. The second-order valence-electron chi connectivity index (χ2n) is 15.9. The molecule has 0 aliphatic carbocycles. The Hall–Kier alpha value is -3.42. The Kier molecular flexibility index (Phi) is 28.0. The Bertz CT molecular complexity index is 1130. The third-order valence-corrected chi connectivity index (χ3v) is 10.2. The lowest BCUT2D eigenvalue weighted by Crippen LogP contribution is -2.45. The third-order valence-electron chi connectivity index (χ3n) is 10.2. The molecule has 0 aromatic rings. The molecule has 0 saturated carbocycles. The molecular weight excluding hydrogens is 710 g/mol. The highest BCUT2D eigenvalue weighted by Crippen LogP contribution is 2.21. The van der Waals surface area contributed by atoms with Crippen LogP contribution in [0.3, 0.4) is 0 Å². The van der Waals surface area contributed by atoms with E-state index in [1.807, 2.05) is 48.5 Å². The number of nitrogens with two attached hydrogens (primary N) is 1. The summed E-state index contributed by atoms with van der Waals surface area (Å²) < 4.78 is 17.2. The highest BCUT2D eigenvalue weighted by Gasteiger charge is 2.30. The molecule has 14 heteroatoms. The van der Waals surface area contributed by atoms with Crippen molar-refractivity contribution < 1.29 is 53.2 Å². The molecule has 0 aliphatic heterocycles. The number of aliphatic carboxylic acids is 1. The molecule has 0 aromatic heterocycles. The van der Waals surface area contributed by atoms with Crippen molar-refractivity contribution in [2.75, 3.05) is 6.54 Å². The van der Waals surface area contributed by atoms with E-state index in [9.17, 15) is 39.0 Å². The maximum Gasteiger partial charge on any atom is 0.328 e. The first-order chi connectivity index (χ1) is 25.9. The summed E-state index contributed by atoms with van der Waals surface area (Å²) >= 11 is 0. The molecule has 14 nitrogen and oxygen atoms in total. The standard InChI is InChI=1S/C41H75N3O11/c1-9-28(6)15-19-32(53-38(49)23-31(45)18-14-27(4)5)24-36(46)44-35(13-12-22-43-41(42)52)40(51)55-34(21-17-30(8)11-3)26-39(50)54-33(25-37(47)48)20-16-29(7)10-2/h27-35,45H,9-26H2,1-8H3,(H,44,46)(H,47,48)(H3,42,43,52). The average molecular weight is 786 g/mol. The molecule has 0 fully saturated rings. The fourth-order valence-electron chi connectivity index (χ4n) is 5.77. The van der Waals surface area contributed by atoms with Crippen LogP contribution in [0.15, 0.2) is 0 Å². The molecule has 0 heterocycles. The van der Waals surface area contributed by atoms with E-state index in [-0.39, 0.29) is 51.0 Å². The van der Waals surface area contributed by atoms with Crippen molar-refractivity contribution in [3.05, 3.63) is 0 Å². The molecule has 0 bridgehead atoms. The van der Waals surface area contributed by atoms with Crippen molar-refractivity contribution in [1.29, 1.82) is 0 Å². The van der Waals surface area contributed by atoms with Gasteiger partial charge in [0.15, 0.2) is 0 Å². The lowest BCUT2D eigenvalue weighted by Gasteiger charge is -2.25. The fraction of sp³-hybridized carbons (Fsp3) is 0.854. The van der Waals surface area contributed by atoms with Crippen molar-refractivity contribution in [3.8, 4) is 0 Å². The van der Waals surface area contributed by atoms with Crippen molar-refractivity contribution in [2.45, 2.75) is 195 Å². The first kappa shape index (κ1) is 51.6. The molecule has 320 valence electrons. The minimum atomic E-state index is -1.16. The number of hydrogen-bond donors (Lipinski definition) is 5. The topological polar surface area (TPSA) is 221 Å². The molecule has 0 rings (SSSR count). The Labute approximate surface area is 330 Å². The number of primary amides is 1. The number of aliphatic hydroxyl groups excluding tert-OH is 1. The quantitative estimate of drug-likeness (QED) is 0.0279. The SMILES string of the molecule is CCC(C)CCC(CC(=O)O)OC(=O)CC(CCC(C)CC)OC(=O)C(CCCNC(N)=O)NC(=O)CC(CCC(C)CC)OC(=O)CC(O)CCC(C)C. The van der Waals surface area contributed by atoms with Crippen LogP contribution in [-0.2, 0) is 38.2 Å². The van der Waals surface area contributed by atoms with Crippen molar-refractivity contribution in [3.63, 3.8) is 0 Å². The number of urea groups is 1. The van der Waals surface area contributed by atoms with E-state index >= 15 is 0 Å². The highest BCUT2D eigenvalue weighted by molar-refractivity contribution is 5.85. The second kappa shape index (κ2) is 29.8. The van der Waals surface area contributed by atoms with Crippen LogP contribution in [-0.4, -0.2) is 83.0 Å². The van der Waals surface area contributed by atoms with E-state index in [1.54, 1.807) is 0 Å². The lowest BCUT2D eigenvalue weighted by atomic mass is 9.98. The van der Waals surface area contributed by atoms with Gasteiger partial charge in [-0.1, -0.05) is 74.7 Å². The van der Waals surface area contributed by atoms with Gasteiger partial charge < -0.3 is 40.8 Å². The molecule has 6 N–H and O–H groups in total. The van der Waals surface area contributed by atoms with Gasteiger partial charge in [-0.25, -0.2) is 9.59 Å². The number of carbonyl (C=O) groups is 6. The van der Waals surface area contributed by atoms with Crippen LogP contribution >= 0.6 is 0 Å². The number of aliphatic hydroxyl groups is 1. The molecule has 8 unspecified atom stereocenters. The third kappa shape index (κ3) is 27.8. The van der Waals surface area contributed by atoms with E-state index in [0.717, 1.165) is 25.7 Å². The van der Waals surface area contributed by atoms with Crippen molar-refractivity contribution in [2.24, 2.45) is 29.4 Å². The number of rotatable bonds is 32. The van der Waals surface area contributed by atoms with E-state index in [2.05, 4.69) is 17.6 Å². The van der Waals surface area contributed by atoms with Gasteiger partial charge in [0.25, 0.3) is 0 Å². The number of carboxylic acid groups (broad SMARTS) is 1. The molecule has 0 aliphatic rings. The maximum absolute atomic E-state index is 13.7. The summed E-state index contributed by atoms with van der Waals surface area (Å²) in [5.41, 5.74) is 5.20. The Morgan fingerprint density at radius 1 is 0.600 bits per heavy atom. The Morgan fingerprint density at radius 3 is 1.53 bits per heavy atom. The maximum atomic E-state index is 13.7. The van der Waals surface area contributed by atoms with Crippen LogP contribution in [0.2, 0.25) is 0 Å². The number of amides is 3. The van der Waals surface area contributed by atoms with Crippen LogP contribution in [0.1, 0.15) is 165 Å². The van der Waals surface area contributed by atoms with E-state index in [0.29, 0.717) is 62.7 Å². The minimum absolute atomic E-state index is 0.0725. The number of ether oxygens (including phenoxy) is 3. The van der Waals surface area contributed by atoms with Gasteiger partial charge in [0.05, 0.1) is 31.8 Å². The summed E-state index contributed by atoms with van der Waals surface area (Å²) in [5, 5.41) is 25.0. The summed E-state index contributed by atoms with van der Waals surface area (Å²) in [6, 6.07) is -1.90. The summed E-state index contributed by atoms with van der Waals surface area (Å²) in [7, 11) is 0. The largest absolute Gasteiger partial charge is 0.481 e.